The fourth-order valence-electron chi connectivity index (χ4n) is 2.82. The maximum Gasteiger partial charge on any atom is 0.226 e. The van der Waals surface area contributed by atoms with Gasteiger partial charge >= 0.3 is 0 Å². The Morgan fingerprint density at radius 2 is 1.75 bits per heavy atom. The predicted octanol–water partition coefficient (Wildman–Crippen LogP) is 3.57. The Hall–Kier alpha value is -2.01. The Bertz CT molecular complexity index is 670. The van der Waals surface area contributed by atoms with E-state index >= 15 is 0 Å². The van der Waals surface area contributed by atoms with Crippen molar-refractivity contribution >= 4 is 27.5 Å². The molecule has 0 aromatic heterocycles. The maximum absolute atomic E-state index is 12.3. The Morgan fingerprint density at radius 3 is 2.46 bits per heavy atom. The zero-order valence-corrected chi connectivity index (χ0v) is 15.1. The lowest BCUT2D eigenvalue weighted by Gasteiger charge is -2.36. The number of benzene rings is 2. The van der Waals surface area contributed by atoms with Gasteiger partial charge in [0.25, 0.3) is 0 Å². The monoisotopic (exact) mass is 388 g/mol. The van der Waals surface area contributed by atoms with E-state index in [2.05, 4.69) is 33.0 Å². The normalized spacial score (nSPS) is 14.5. The minimum atomic E-state index is 0.167. The standard InChI is InChI=1S/C19H21BrN2O2/c20-16-5-4-6-17(15-16)21-10-12-22(13-11-21)19(23)9-14-24-18-7-2-1-3-8-18/h1-8,15H,9-14H2. The third-order valence-electron chi connectivity index (χ3n) is 4.13. The van der Waals surface area contributed by atoms with Crippen LogP contribution in [0, 0.1) is 0 Å². The summed E-state index contributed by atoms with van der Waals surface area (Å²) in [5, 5.41) is 0. The van der Waals surface area contributed by atoms with Crippen LogP contribution in [-0.2, 0) is 4.79 Å². The zero-order chi connectivity index (χ0) is 16.8. The van der Waals surface area contributed by atoms with E-state index in [4.69, 9.17) is 4.74 Å². The molecule has 0 saturated carbocycles. The summed E-state index contributed by atoms with van der Waals surface area (Å²) in [5.74, 6) is 0.976. The molecule has 3 rings (SSSR count). The molecule has 0 spiro atoms. The van der Waals surface area contributed by atoms with Crippen LogP contribution < -0.4 is 9.64 Å². The minimum Gasteiger partial charge on any atom is -0.493 e. The van der Waals surface area contributed by atoms with Crippen molar-refractivity contribution in [2.24, 2.45) is 0 Å². The van der Waals surface area contributed by atoms with Crippen LogP contribution in [0.4, 0.5) is 5.69 Å². The van der Waals surface area contributed by atoms with Crippen molar-refractivity contribution in [1.29, 1.82) is 0 Å². The van der Waals surface area contributed by atoms with E-state index < -0.39 is 0 Å². The van der Waals surface area contributed by atoms with Crippen LogP contribution >= 0.6 is 15.9 Å². The Morgan fingerprint density at radius 1 is 1.00 bits per heavy atom. The van der Waals surface area contributed by atoms with Crippen LogP contribution in [-0.4, -0.2) is 43.6 Å². The van der Waals surface area contributed by atoms with E-state index in [0.717, 1.165) is 36.4 Å². The minimum absolute atomic E-state index is 0.167. The molecule has 1 aliphatic rings. The number of halogens is 1. The molecule has 0 atom stereocenters. The number of anilines is 1. The molecule has 2 aromatic carbocycles. The van der Waals surface area contributed by atoms with Gasteiger partial charge in [-0.3, -0.25) is 4.79 Å². The average molecular weight is 389 g/mol. The van der Waals surface area contributed by atoms with Crippen molar-refractivity contribution in [3.05, 3.63) is 59.1 Å². The smallest absolute Gasteiger partial charge is 0.226 e. The summed E-state index contributed by atoms with van der Waals surface area (Å²) in [6, 6.07) is 17.9. The number of piperazine rings is 1. The van der Waals surface area contributed by atoms with Gasteiger partial charge in [0.1, 0.15) is 5.75 Å². The first-order chi connectivity index (χ1) is 11.7. The van der Waals surface area contributed by atoms with Gasteiger partial charge < -0.3 is 14.5 Å². The summed E-state index contributed by atoms with van der Waals surface area (Å²) in [6.45, 7) is 3.67. The van der Waals surface area contributed by atoms with Gasteiger partial charge in [-0.1, -0.05) is 40.2 Å². The van der Waals surface area contributed by atoms with E-state index in [-0.39, 0.29) is 5.91 Å². The average Bonchev–Trinajstić information content (AvgIpc) is 2.63. The number of rotatable bonds is 5. The molecule has 0 N–H and O–H groups in total. The third kappa shape index (κ3) is 4.51. The molecule has 1 aliphatic heterocycles. The second-order valence-corrected chi connectivity index (χ2v) is 6.67. The number of carbonyl (C=O) groups excluding carboxylic acids is 1. The van der Waals surface area contributed by atoms with Crippen LogP contribution in [0.2, 0.25) is 0 Å². The molecule has 126 valence electrons. The van der Waals surface area contributed by atoms with Crippen LogP contribution in [0.25, 0.3) is 0 Å². The van der Waals surface area contributed by atoms with E-state index in [0.29, 0.717) is 13.0 Å². The van der Waals surface area contributed by atoms with Crippen molar-refractivity contribution in [3.8, 4) is 5.75 Å². The van der Waals surface area contributed by atoms with E-state index in [1.54, 1.807) is 0 Å². The van der Waals surface area contributed by atoms with E-state index in [9.17, 15) is 4.79 Å². The molecule has 1 heterocycles. The first kappa shape index (κ1) is 16.8. The van der Waals surface area contributed by atoms with Crippen molar-refractivity contribution in [2.45, 2.75) is 6.42 Å². The summed E-state index contributed by atoms with van der Waals surface area (Å²) in [4.78, 5) is 16.6. The van der Waals surface area contributed by atoms with Gasteiger partial charge in [0.15, 0.2) is 0 Å². The van der Waals surface area contributed by atoms with E-state index in [1.807, 2.05) is 47.4 Å². The highest BCUT2D eigenvalue weighted by Crippen LogP contribution is 2.21. The molecular formula is C19H21BrN2O2. The number of nitrogens with zero attached hydrogens (tertiary/aromatic N) is 2. The summed E-state index contributed by atoms with van der Waals surface area (Å²) in [7, 11) is 0. The van der Waals surface area contributed by atoms with Gasteiger partial charge in [-0.25, -0.2) is 0 Å². The van der Waals surface area contributed by atoms with Gasteiger partial charge in [0, 0.05) is 36.3 Å². The van der Waals surface area contributed by atoms with Crippen LogP contribution in [0.15, 0.2) is 59.1 Å². The van der Waals surface area contributed by atoms with Crippen molar-refractivity contribution in [3.63, 3.8) is 0 Å². The zero-order valence-electron chi connectivity index (χ0n) is 13.5. The van der Waals surface area contributed by atoms with Crippen molar-refractivity contribution < 1.29 is 9.53 Å². The van der Waals surface area contributed by atoms with Gasteiger partial charge in [0.2, 0.25) is 5.91 Å². The third-order valence-corrected chi connectivity index (χ3v) is 4.63. The number of ether oxygens (including phenoxy) is 1. The van der Waals surface area contributed by atoms with Crippen LogP contribution in [0.5, 0.6) is 5.75 Å². The molecule has 1 saturated heterocycles. The summed E-state index contributed by atoms with van der Waals surface area (Å²) in [6.07, 6.45) is 0.422. The molecule has 1 fully saturated rings. The van der Waals surface area contributed by atoms with Crippen LogP contribution in [0.3, 0.4) is 0 Å². The summed E-state index contributed by atoms with van der Waals surface area (Å²) < 4.78 is 6.69. The number of hydrogen-bond acceptors (Lipinski definition) is 3. The topological polar surface area (TPSA) is 32.8 Å². The Labute approximate surface area is 151 Å². The largest absolute Gasteiger partial charge is 0.493 e. The molecule has 2 aromatic rings. The Kier molecular flexibility index (Phi) is 5.75. The predicted molar refractivity (Wildman–Crippen MR) is 99.5 cm³/mol. The van der Waals surface area contributed by atoms with Crippen molar-refractivity contribution in [1.82, 2.24) is 4.90 Å². The SMILES string of the molecule is O=C(CCOc1ccccc1)N1CCN(c2cccc(Br)c2)CC1. The fraction of sp³-hybridized carbons (Fsp3) is 0.316. The van der Waals surface area contributed by atoms with Crippen LogP contribution in [0.1, 0.15) is 6.42 Å². The number of hydrogen-bond donors (Lipinski definition) is 0. The van der Waals surface area contributed by atoms with Gasteiger partial charge in [-0.15, -0.1) is 0 Å². The molecule has 5 heteroatoms. The summed E-state index contributed by atoms with van der Waals surface area (Å²) >= 11 is 3.51. The number of amides is 1. The van der Waals surface area contributed by atoms with Gasteiger partial charge in [-0.05, 0) is 30.3 Å². The molecule has 24 heavy (non-hydrogen) atoms. The molecule has 0 bridgehead atoms. The van der Waals surface area contributed by atoms with E-state index in [1.165, 1.54) is 5.69 Å². The number of carbonyl (C=O) groups is 1. The van der Waals surface area contributed by atoms with Gasteiger partial charge in [0.05, 0.1) is 13.0 Å². The van der Waals surface area contributed by atoms with Crippen molar-refractivity contribution in [2.75, 3.05) is 37.7 Å². The molecule has 0 aliphatic carbocycles. The second kappa shape index (κ2) is 8.20. The lowest BCUT2D eigenvalue weighted by Crippen LogP contribution is -2.49. The Balaban J connectivity index is 1.43. The highest BCUT2D eigenvalue weighted by molar-refractivity contribution is 9.10. The first-order valence-electron chi connectivity index (χ1n) is 8.18. The molecule has 4 nitrogen and oxygen atoms in total. The fourth-order valence-corrected chi connectivity index (χ4v) is 3.21. The molecule has 0 unspecified atom stereocenters. The molecular weight excluding hydrogens is 368 g/mol. The molecule has 0 radical (unpaired) electrons. The lowest BCUT2D eigenvalue weighted by molar-refractivity contribution is -0.132. The highest BCUT2D eigenvalue weighted by atomic mass is 79.9. The van der Waals surface area contributed by atoms with Gasteiger partial charge in [-0.2, -0.15) is 0 Å². The quantitative estimate of drug-likeness (QED) is 0.784. The highest BCUT2D eigenvalue weighted by Gasteiger charge is 2.21. The summed E-state index contributed by atoms with van der Waals surface area (Å²) in [5.41, 5.74) is 1.20. The second-order valence-electron chi connectivity index (χ2n) is 5.76. The maximum atomic E-state index is 12.3. The first-order valence-corrected chi connectivity index (χ1v) is 8.98. The number of para-hydroxylation sites is 1. The molecule has 1 amide bonds. The lowest BCUT2D eigenvalue weighted by atomic mass is 10.2.